The van der Waals surface area contributed by atoms with Crippen molar-refractivity contribution in [2.24, 2.45) is 5.73 Å². The first-order valence-corrected chi connectivity index (χ1v) is 8.27. The van der Waals surface area contributed by atoms with Gasteiger partial charge in [-0.1, -0.05) is 11.3 Å². The van der Waals surface area contributed by atoms with Crippen molar-refractivity contribution >= 4 is 39.1 Å². The first-order valence-electron chi connectivity index (χ1n) is 7.45. The summed E-state index contributed by atoms with van der Waals surface area (Å²) in [5.41, 5.74) is 9.81. The molecule has 0 unspecified atom stereocenters. The fourth-order valence-corrected chi connectivity index (χ4v) is 3.06. The molecule has 1 amide bonds. The van der Waals surface area contributed by atoms with Gasteiger partial charge in [-0.3, -0.25) is 15.1 Å². The van der Waals surface area contributed by atoms with Gasteiger partial charge in [-0.2, -0.15) is 13.2 Å². The maximum atomic E-state index is 13.5. The van der Waals surface area contributed by atoms with Crippen LogP contribution >= 0.6 is 11.3 Å². The molecule has 0 spiro atoms. The van der Waals surface area contributed by atoms with E-state index < -0.39 is 23.6 Å². The number of alkyl halides is 3. The fraction of sp³-hybridized carbons (Fsp3) is 0.125. The number of carbonyl (C=O) groups excluding carboxylic acids is 1. The highest BCUT2D eigenvalue weighted by atomic mass is 32.1. The van der Waals surface area contributed by atoms with Gasteiger partial charge in [0.1, 0.15) is 11.4 Å². The summed E-state index contributed by atoms with van der Waals surface area (Å²) in [6.45, 7) is 0. The van der Waals surface area contributed by atoms with Gasteiger partial charge in [0.25, 0.3) is 5.91 Å². The number of thiophene rings is 1. The number of fused-ring (bicyclic) bond motifs is 1. The van der Waals surface area contributed by atoms with E-state index in [9.17, 15) is 18.0 Å². The Morgan fingerprint density at radius 3 is 2.56 bits per heavy atom. The number of carbonyl (C=O) groups is 1. The largest absolute Gasteiger partial charge is 0.447 e. The van der Waals surface area contributed by atoms with Gasteiger partial charge < -0.3 is 21.2 Å². The third-order valence-corrected chi connectivity index (χ3v) is 4.53. The summed E-state index contributed by atoms with van der Waals surface area (Å²) in [6.07, 6.45) is -4.67. The number of nitrogens with one attached hydrogen (secondary N) is 2. The fourth-order valence-electron chi connectivity index (χ4n) is 2.42. The summed E-state index contributed by atoms with van der Waals surface area (Å²) in [4.78, 5) is 15.7. The van der Waals surface area contributed by atoms with Crippen LogP contribution in [0.1, 0.15) is 16.1 Å². The molecule has 0 saturated heterocycles. The molecule has 0 saturated carbocycles. The van der Waals surface area contributed by atoms with E-state index in [2.05, 4.69) is 4.98 Å². The number of ether oxygens (including phenoxy) is 1. The number of amides is 1. The Morgan fingerprint density at radius 1 is 1.30 bits per heavy atom. The molecule has 0 aliphatic heterocycles. The number of aromatic nitrogens is 1. The topological polar surface area (TPSA) is 121 Å². The summed E-state index contributed by atoms with van der Waals surface area (Å²) in [5.74, 6) is -1.33. The van der Waals surface area contributed by atoms with Crippen molar-refractivity contribution in [1.82, 2.24) is 9.88 Å². The predicted octanol–water partition coefficient (Wildman–Crippen LogP) is 3.59. The van der Waals surface area contributed by atoms with Crippen LogP contribution in [0, 0.1) is 5.41 Å². The molecular formula is C16H14F3N5O2S. The van der Waals surface area contributed by atoms with Crippen LogP contribution in [0.2, 0.25) is 0 Å². The van der Waals surface area contributed by atoms with Gasteiger partial charge in [-0.05, 0) is 24.3 Å². The second-order valence-electron chi connectivity index (χ2n) is 5.62. The Bertz CT molecular complexity index is 1040. The number of guanidine groups is 1. The number of hydrogen-bond donors (Lipinski definition) is 4. The van der Waals surface area contributed by atoms with Crippen LogP contribution in [0.3, 0.4) is 0 Å². The van der Waals surface area contributed by atoms with E-state index in [0.29, 0.717) is 10.1 Å². The number of hydrogen-bond acceptors (Lipinski definition) is 5. The van der Waals surface area contributed by atoms with Gasteiger partial charge in [-0.25, -0.2) is 0 Å². The highest BCUT2D eigenvalue weighted by Crippen LogP contribution is 2.40. The number of halogens is 3. The van der Waals surface area contributed by atoms with Crippen LogP contribution in [-0.2, 0) is 6.18 Å². The number of nitrogens with two attached hydrogens (primary N) is 2. The number of nitrogen functional groups attached to an aromatic ring is 1. The zero-order valence-corrected chi connectivity index (χ0v) is 14.7. The molecule has 0 atom stereocenters. The minimum Gasteiger partial charge on any atom is -0.447 e. The lowest BCUT2D eigenvalue weighted by Crippen LogP contribution is -2.38. The summed E-state index contributed by atoms with van der Waals surface area (Å²) in [7, 11) is 1.25. The van der Waals surface area contributed by atoms with Gasteiger partial charge in [0, 0.05) is 18.5 Å². The summed E-state index contributed by atoms with van der Waals surface area (Å²) < 4.78 is 46.0. The molecule has 3 rings (SSSR count). The first kappa shape index (κ1) is 18.6. The smallest absolute Gasteiger partial charge is 0.417 e. The standard InChI is InChI=1S/C16H14F3N5O2S/c1-24(15(21)22)14(25)11-6-8-9(16(17,18)19)4-7(5-10(8)23-11)26-13-3-2-12(20)27-13/h2-6,23H,20H2,1H3,(H3,21,22). The van der Waals surface area contributed by atoms with Crippen LogP contribution in [0.5, 0.6) is 10.8 Å². The third kappa shape index (κ3) is 3.67. The predicted molar refractivity (Wildman–Crippen MR) is 96.1 cm³/mol. The molecule has 2 aromatic heterocycles. The number of aromatic amines is 1. The van der Waals surface area contributed by atoms with Crippen LogP contribution in [-0.4, -0.2) is 28.8 Å². The highest BCUT2D eigenvalue weighted by molar-refractivity contribution is 7.17. The maximum Gasteiger partial charge on any atom is 0.417 e. The number of rotatable bonds is 3. The second-order valence-corrected chi connectivity index (χ2v) is 6.70. The summed E-state index contributed by atoms with van der Waals surface area (Å²) >= 11 is 1.08. The van der Waals surface area contributed by atoms with Gasteiger partial charge in [-0.15, -0.1) is 0 Å². The van der Waals surface area contributed by atoms with Crippen molar-refractivity contribution in [3.8, 4) is 10.8 Å². The maximum absolute atomic E-state index is 13.5. The van der Waals surface area contributed by atoms with Crippen LogP contribution in [0.4, 0.5) is 18.2 Å². The molecule has 0 aliphatic carbocycles. The van der Waals surface area contributed by atoms with Crippen molar-refractivity contribution in [3.05, 3.63) is 41.6 Å². The number of nitrogens with zero attached hydrogens (tertiary/aromatic N) is 1. The molecule has 11 heteroatoms. The van der Waals surface area contributed by atoms with E-state index in [-0.39, 0.29) is 22.3 Å². The lowest BCUT2D eigenvalue weighted by atomic mass is 10.1. The van der Waals surface area contributed by atoms with Crippen LogP contribution < -0.4 is 16.2 Å². The molecule has 0 bridgehead atoms. The van der Waals surface area contributed by atoms with Crippen molar-refractivity contribution in [3.63, 3.8) is 0 Å². The average Bonchev–Trinajstić information content (AvgIpc) is 3.17. The average molecular weight is 397 g/mol. The number of anilines is 1. The Labute approximate surface area is 154 Å². The molecule has 0 aliphatic rings. The SMILES string of the molecule is CN(C(=N)N)C(=O)c1cc2c(C(F)(F)F)cc(Oc3ccc(N)s3)cc2[nH]1. The van der Waals surface area contributed by atoms with E-state index in [1.165, 1.54) is 13.1 Å². The number of H-pyrrole nitrogens is 1. The van der Waals surface area contributed by atoms with Gasteiger partial charge in [0.2, 0.25) is 0 Å². The van der Waals surface area contributed by atoms with Gasteiger partial charge in [0.15, 0.2) is 11.0 Å². The van der Waals surface area contributed by atoms with E-state index in [1.54, 1.807) is 12.1 Å². The molecule has 3 aromatic rings. The molecule has 0 fully saturated rings. The van der Waals surface area contributed by atoms with Crippen LogP contribution in [0.15, 0.2) is 30.3 Å². The minimum atomic E-state index is -4.67. The van der Waals surface area contributed by atoms with E-state index in [4.69, 9.17) is 21.6 Å². The lowest BCUT2D eigenvalue weighted by molar-refractivity contribution is -0.136. The molecule has 27 heavy (non-hydrogen) atoms. The van der Waals surface area contributed by atoms with E-state index >= 15 is 0 Å². The minimum absolute atomic E-state index is 0.0579. The Kier molecular flexibility index (Phi) is 4.47. The monoisotopic (exact) mass is 397 g/mol. The molecule has 7 nitrogen and oxygen atoms in total. The molecular weight excluding hydrogens is 383 g/mol. The van der Waals surface area contributed by atoms with E-state index in [1.807, 2.05) is 0 Å². The van der Waals surface area contributed by atoms with Crippen molar-refractivity contribution in [2.75, 3.05) is 12.8 Å². The van der Waals surface area contributed by atoms with Gasteiger partial charge >= 0.3 is 6.18 Å². The van der Waals surface area contributed by atoms with Crippen molar-refractivity contribution in [1.29, 1.82) is 5.41 Å². The molecule has 0 radical (unpaired) electrons. The lowest BCUT2D eigenvalue weighted by Gasteiger charge is -2.12. The molecule has 2 heterocycles. The normalized spacial score (nSPS) is 11.6. The first-order chi connectivity index (χ1) is 12.6. The zero-order chi connectivity index (χ0) is 19.9. The second kappa shape index (κ2) is 6.50. The Hall–Kier alpha value is -3.21. The highest BCUT2D eigenvalue weighted by Gasteiger charge is 2.34. The van der Waals surface area contributed by atoms with Crippen LogP contribution in [0.25, 0.3) is 10.9 Å². The summed E-state index contributed by atoms with van der Waals surface area (Å²) in [5, 5.41) is 7.88. The van der Waals surface area contributed by atoms with Crippen molar-refractivity contribution < 1.29 is 22.7 Å². The summed E-state index contributed by atoms with van der Waals surface area (Å²) in [6, 6.07) is 6.40. The zero-order valence-electron chi connectivity index (χ0n) is 13.8. The molecule has 1 aromatic carbocycles. The van der Waals surface area contributed by atoms with Gasteiger partial charge in [0.05, 0.1) is 16.1 Å². The third-order valence-electron chi connectivity index (χ3n) is 3.73. The Morgan fingerprint density at radius 2 is 2.00 bits per heavy atom. The van der Waals surface area contributed by atoms with Crippen molar-refractivity contribution in [2.45, 2.75) is 6.18 Å². The van der Waals surface area contributed by atoms with E-state index in [0.717, 1.165) is 28.4 Å². The quantitative estimate of drug-likeness (QED) is 0.399. The molecule has 6 N–H and O–H groups in total. The molecule has 142 valence electrons. The number of benzene rings is 1. The Balaban J connectivity index is 2.10.